The highest BCUT2D eigenvalue weighted by Gasteiger charge is 2.32. The summed E-state index contributed by atoms with van der Waals surface area (Å²) < 4.78 is 39.4. The number of carbonyl (C=O) groups excluding carboxylic acids is 2. The average Bonchev–Trinajstić information content (AvgIpc) is 2.64. The van der Waals surface area contributed by atoms with E-state index in [4.69, 9.17) is 0 Å². The van der Waals surface area contributed by atoms with Crippen LogP contribution in [0.25, 0.3) is 0 Å². The third-order valence-electron chi connectivity index (χ3n) is 4.27. The largest absolute Gasteiger partial charge is 0.355 e. The van der Waals surface area contributed by atoms with Gasteiger partial charge in [-0.2, -0.15) is 4.31 Å². The van der Waals surface area contributed by atoms with Gasteiger partial charge in [-0.15, -0.1) is 0 Å². The van der Waals surface area contributed by atoms with Crippen molar-refractivity contribution < 1.29 is 22.4 Å². The lowest BCUT2D eigenvalue weighted by molar-refractivity contribution is -0.129. The van der Waals surface area contributed by atoms with Gasteiger partial charge in [0.1, 0.15) is 5.82 Å². The van der Waals surface area contributed by atoms with E-state index in [1.165, 1.54) is 16.4 Å². The standard InChI is InChI=1S/C17H24FN3O4S/c1-2-9-19-16(22)12-20-17(23)13-7-10-21(11-8-13)26(24,25)15-5-3-14(18)4-6-15/h3-6,13H,2,7-12H2,1H3,(H,19,22)(H,20,23). The Kier molecular flexibility index (Phi) is 7.10. The molecule has 26 heavy (non-hydrogen) atoms. The second kappa shape index (κ2) is 9.09. The van der Waals surface area contributed by atoms with E-state index < -0.39 is 15.8 Å². The zero-order valence-electron chi connectivity index (χ0n) is 14.7. The summed E-state index contributed by atoms with van der Waals surface area (Å²) in [5.41, 5.74) is 0. The third kappa shape index (κ3) is 5.25. The van der Waals surface area contributed by atoms with Gasteiger partial charge in [0, 0.05) is 25.6 Å². The zero-order valence-corrected chi connectivity index (χ0v) is 15.5. The van der Waals surface area contributed by atoms with Crippen LogP contribution in [0.1, 0.15) is 26.2 Å². The topological polar surface area (TPSA) is 95.6 Å². The molecular formula is C17H24FN3O4S. The Bertz CT molecular complexity index is 729. The first-order valence-electron chi connectivity index (χ1n) is 8.64. The van der Waals surface area contributed by atoms with Crippen LogP contribution >= 0.6 is 0 Å². The minimum Gasteiger partial charge on any atom is -0.355 e. The van der Waals surface area contributed by atoms with Gasteiger partial charge in [0.15, 0.2) is 0 Å². The molecule has 0 radical (unpaired) electrons. The highest BCUT2D eigenvalue weighted by molar-refractivity contribution is 7.89. The summed E-state index contributed by atoms with van der Waals surface area (Å²) >= 11 is 0. The SMILES string of the molecule is CCCNC(=O)CNC(=O)C1CCN(S(=O)(=O)c2ccc(F)cc2)CC1. The molecular weight excluding hydrogens is 361 g/mol. The fourth-order valence-corrected chi connectivity index (χ4v) is 4.22. The predicted molar refractivity (Wildman–Crippen MR) is 94.2 cm³/mol. The van der Waals surface area contributed by atoms with Crippen LogP contribution in [0.15, 0.2) is 29.2 Å². The Morgan fingerprint density at radius 2 is 1.77 bits per heavy atom. The lowest BCUT2D eigenvalue weighted by Gasteiger charge is -2.30. The van der Waals surface area contributed by atoms with E-state index in [9.17, 15) is 22.4 Å². The molecule has 2 amide bonds. The number of nitrogens with one attached hydrogen (secondary N) is 2. The maximum atomic E-state index is 13.0. The lowest BCUT2D eigenvalue weighted by atomic mass is 9.97. The van der Waals surface area contributed by atoms with Crippen LogP contribution in [0.2, 0.25) is 0 Å². The fraction of sp³-hybridized carbons (Fsp3) is 0.529. The molecule has 0 atom stereocenters. The molecule has 0 bridgehead atoms. The number of benzene rings is 1. The van der Waals surface area contributed by atoms with Crippen LogP contribution < -0.4 is 10.6 Å². The molecule has 1 heterocycles. The monoisotopic (exact) mass is 385 g/mol. The summed E-state index contributed by atoms with van der Waals surface area (Å²) in [6.45, 7) is 2.84. The normalized spacial score (nSPS) is 16.2. The number of rotatable bonds is 7. The third-order valence-corrected chi connectivity index (χ3v) is 6.18. The van der Waals surface area contributed by atoms with Gasteiger partial charge in [-0.3, -0.25) is 9.59 Å². The smallest absolute Gasteiger partial charge is 0.243 e. The molecule has 2 N–H and O–H groups in total. The van der Waals surface area contributed by atoms with Crippen LogP contribution in [-0.4, -0.2) is 50.7 Å². The molecule has 7 nitrogen and oxygen atoms in total. The van der Waals surface area contributed by atoms with Gasteiger partial charge in [-0.25, -0.2) is 12.8 Å². The van der Waals surface area contributed by atoms with Crippen molar-refractivity contribution in [2.24, 2.45) is 5.92 Å². The van der Waals surface area contributed by atoms with Gasteiger partial charge in [0.2, 0.25) is 21.8 Å². The summed E-state index contributed by atoms with van der Waals surface area (Å²) in [7, 11) is -3.69. The van der Waals surface area contributed by atoms with Crippen molar-refractivity contribution in [3.8, 4) is 0 Å². The molecule has 2 rings (SSSR count). The van der Waals surface area contributed by atoms with Gasteiger partial charge in [-0.05, 0) is 43.5 Å². The van der Waals surface area contributed by atoms with E-state index in [1.807, 2.05) is 6.92 Å². The number of sulfonamides is 1. The summed E-state index contributed by atoms with van der Waals surface area (Å²) in [5, 5.41) is 5.26. The highest BCUT2D eigenvalue weighted by Crippen LogP contribution is 2.24. The van der Waals surface area contributed by atoms with Crippen molar-refractivity contribution in [2.75, 3.05) is 26.2 Å². The van der Waals surface area contributed by atoms with E-state index in [0.29, 0.717) is 19.4 Å². The van der Waals surface area contributed by atoms with Crippen molar-refractivity contribution >= 4 is 21.8 Å². The molecule has 0 aromatic heterocycles. The molecule has 9 heteroatoms. The van der Waals surface area contributed by atoms with Crippen LogP contribution in [0, 0.1) is 11.7 Å². The zero-order chi connectivity index (χ0) is 19.2. The first-order chi connectivity index (χ1) is 12.3. The summed E-state index contributed by atoms with van der Waals surface area (Å²) in [6, 6.07) is 4.68. The van der Waals surface area contributed by atoms with Gasteiger partial charge >= 0.3 is 0 Å². The van der Waals surface area contributed by atoms with E-state index >= 15 is 0 Å². The van der Waals surface area contributed by atoms with Crippen LogP contribution in [0.5, 0.6) is 0 Å². The van der Waals surface area contributed by atoms with E-state index in [1.54, 1.807) is 0 Å². The molecule has 0 aliphatic carbocycles. The molecule has 1 aromatic rings. The first-order valence-corrected chi connectivity index (χ1v) is 10.1. The van der Waals surface area contributed by atoms with Crippen molar-refractivity contribution in [3.05, 3.63) is 30.1 Å². The van der Waals surface area contributed by atoms with Crippen LogP contribution in [0.4, 0.5) is 4.39 Å². The number of nitrogens with zero attached hydrogens (tertiary/aromatic N) is 1. The number of hydrogen-bond donors (Lipinski definition) is 2. The number of carbonyl (C=O) groups is 2. The minimum atomic E-state index is -3.69. The lowest BCUT2D eigenvalue weighted by Crippen LogP contribution is -2.45. The molecule has 0 saturated carbocycles. The van der Waals surface area contributed by atoms with Crippen LogP contribution in [0.3, 0.4) is 0 Å². The van der Waals surface area contributed by atoms with E-state index in [-0.39, 0.29) is 42.3 Å². The summed E-state index contributed by atoms with van der Waals surface area (Å²) in [4.78, 5) is 23.7. The Labute approximate surface area is 153 Å². The average molecular weight is 385 g/mol. The van der Waals surface area contributed by atoms with E-state index in [0.717, 1.165) is 18.6 Å². The maximum absolute atomic E-state index is 13.0. The molecule has 0 spiro atoms. The van der Waals surface area contributed by atoms with Crippen molar-refractivity contribution in [1.82, 2.24) is 14.9 Å². The Morgan fingerprint density at radius 1 is 1.15 bits per heavy atom. The number of piperidine rings is 1. The number of amides is 2. The number of halogens is 1. The molecule has 144 valence electrons. The molecule has 1 aliphatic heterocycles. The van der Waals surface area contributed by atoms with E-state index in [2.05, 4.69) is 10.6 Å². The molecule has 1 fully saturated rings. The summed E-state index contributed by atoms with van der Waals surface area (Å²) in [6.07, 6.45) is 1.58. The van der Waals surface area contributed by atoms with Crippen molar-refractivity contribution in [2.45, 2.75) is 31.1 Å². The van der Waals surface area contributed by atoms with Crippen LogP contribution in [-0.2, 0) is 19.6 Å². The first kappa shape index (κ1) is 20.3. The Morgan fingerprint density at radius 3 is 2.35 bits per heavy atom. The molecule has 1 aromatic carbocycles. The second-order valence-corrected chi connectivity index (χ2v) is 8.14. The van der Waals surface area contributed by atoms with Gasteiger partial charge in [0.05, 0.1) is 11.4 Å². The van der Waals surface area contributed by atoms with Gasteiger partial charge < -0.3 is 10.6 Å². The maximum Gasteiger partial charge on any atom is 0.243 e. The fourth-order valence-electron chi connectivity index (χ4n) is 2.75. The Hall–Kier alpha value is -2.00. The summed E-state index contributed by atoms with van der Waals surface area (Å²) in [5.74, 6) is -1.30. The highest BCUT2D eigenvalue weighted by atomic mass is 32.2. The minimum absolute atomic E-state index is 0.0365. The predicted octanol–water partition coefficient (Wildman–Crippen LogP) is 0.869. The number of hydrogen-bond acceptors (Lipinski definition) is 4. The molecule has 1 aliphatic rings. The van der Waals surface area contributed by atoms with Crippen molar-refractivity contribution in [3.63, 3.8) is 0 Å². The van der Waals surface area contributed by atoms with Gasteiger partial charge in [-0.1, -0.05) is 6.92 Å². The van der Waals surface area contributed by atoms with Crippen molar-refractivity contribution in [1.29, 1.82) is 0 Å². The Balaban J connectivity index is 1.85. The second-order valence-electron chi connectivity index (χ2n) is 6.20. The quantitative estimate of drug-likeness (QED) is 0.728. The molecule has 0 unspecified atom stereocenters. The molecule has 1 saturated heterocycles. The van der Waals surface area contributed by atoms with Gasteiger partial charge in [0.25, 0.3) is 0 Å².